The van der Waals surface area contributed by atoms with Crippen LogP contribution in [0, 0.1) is 0 Å². The first kappa shape index (κ1) is 15.2. The van der Waals surface area contributed by atoms with Crippen LogP contribution in [0.5, 0.6) is 0 Å². The molecule has 1 N–H and O–H groups in total. The Labute approximate surface area is 110 Å². The molecule has 0 aliphatic carbocycles. The third kappa shape index (κ3) is 5.67. The molecule has 0 aliphatic heterocycles. The smallest absolute Gasteiger partial charge is 0.129 e. The molecule has 4 heteroatoms. The first-order valence-corrected chi connectivity index (χ1v) is 6.48. The minimum atomic E-state index is -0.126. The molecule has 104 valence electrons. The van der Waals surface area contributed by atoms with Crippen LogP contribution in [0.2, 0.25) is 0 Å². The van der Waals surface area contributed by atoms with Gasteiger partial charge in [0.25, 0.3) is 0 Å². The van der Waals surface area contributed by atoms with Crippen molar-refractivity contribution in [2.45, 2.75) is 45.9 Å². The Kier molecular flexibility index (Phi) is 6.39. The van der Waals surface area contributed by atoms with Gasteiger partial charge >= 0.3 is 0 Å². The second-order valence-electron chi connectivity index (χ2n) is 4.91. The lowest BCUT2D eigenvalue weighted by Gasteiger charge is -2.22. The normalized spacial score (nSPS) is 12.0. The van der Waals surface area contributed by atoms with Crippen LogP contribution in [-0.2, 0) is 22.6 Å². The minimum absolute atomic E-state index is 0.126. The molecule has 1 rings (SSSR count). The maximum atomic E-state index is 5.63. The summed E-state index contributed by atoms with van der Waals surface area (Å²) in [6, 6.07) is 3.95. The van der Waals surface area contributed by atoms with E-state index < -0.39 is 0 Å². The zero-order chi connectivity index (χ0) is 13.4. The quantitative estimate of drug-likeness (QED) is 0.689. The van der Waals surface area contributed by atoms with E-state index in [1.807, 2.05) is 12.1 Å². The molecule has 0 spiro atoms. The van der Waals surface area contributed by atoms with Crippen molar-refractivity contribution in [3.8, 4) is 0 Å². The summed E-state index contributed by atoms with van der Waals surface area (Å²) in [6.45, 7) is 9.09. The van der Waals surface area contributed by atoms with Gasteiger partial charge in [0.05, 0.1) is 12.1 Å². The van der Waals surface area contributed by atoms with Crippen LogP contribution < -0.4 is 5.32 Å². The van der Waals surface area contributed by atoms with E-state index >= 15 is 0 Å². The molecule has 0 aromatic carbocycles. The van der Waals surface area contributed by atoms with Crippen molar-refractivity contribution in [2.75, 3.05) is 20.3 Å². The van der Waals surface area contributed by atoms with Gasteiger partial charge < -0.3 is 19.2 Å². The summed E-state index contributed by atoms with van der Waals surface area (Å²) in [7, 11) is 1.72. The highest BCUT2D eigenvalue weighted by Crippen LogP contribution is 2.14. The molecule has 1 aromatic heterocycles. The molecule has 0 aliphatic rings. The lowest BCUT2D eigenvalue weighted by Crippen LogP contribution is -2.24. The summed E-state index contributed by atoms with van der Waals surface area (Å²) in [4.78, 5) is 0. The van der Waals surface area contributed by atoms with Crippen molar-refractivity contribution in [3.05, 3.63) is 23.7 Å². The molecule has 0 fully saturated rings. The molecule has 1 aromatic rings. The molecule has 0 atom stereocenters. The molecule has 0 saturated heterocycles. The molecule has 0 bridgehead atoms. The van der Waals surface area contributed by atoms with Gasteiger partial charge in [0, 0.05) is 13.7 Å². The van der Waals surface area contributed by atoms with Gasteiger partial charge in [-0.25, -0.2) is 0 Å². The zero-order valence-corrected chi connectivity index (χ0v) is 11.9. The van der Waals surface area contributed by atoms with Crippen molar-refractivity contribution in [1.82, 2.24) is 5.32 Å². The van der Waals surface area contributed by atoms with E-state index in [2.05, 4.69) is 26.1 Å². The van der Waals surface area contributed by atoms with Crippen LogP contribution in [0.3, 0.4) is 0 Å². The van der Waals surface area contributed by atoms with Gasteiger partial charge in [-0.2, -0.15) is 0 Å². The zero-order valence-electron chi connectivity index (χ0n) is 11.9. The van der Waals surface area contributed by atoms with Crippen molar-refractivity contribution in [3.63, 3.8) is 0 Å². The second-order valence-corrected chi connectivity index (χ2v) is 4.91. The number of furan rings is 1. The lowest BCUT2D eigenvalue weighted by atomic mass is 10.1. The average molecular weight is 255 g/mol. The Morgan fingerprint density at radius 1 is 1.28 bits per heavy atom. The van der Waals surface area contributed by atoms with Gasteiger partial charge in [-0.1, -0.05) is 6.92 Å². The second kappa shape index (κ2) is 7.56. The minimum Gasteiger partial charge on any atom is -0.462 e. The summed E-state index contributed by atoms with van der Waals surface area (Å²) in [5, 5.41) is 3.22. The van der Waals surface area contributed by atoms with Crippen molar-refractivity contribution < 1.29 is 13.9 Å². The first-order valence-electron chi connectivity index (χ1n) is 6.48. The van der Waals surface area contributed by atoms with E-state index in [0.29, 0.717) is 13.2 Å². The average Bonchev–Trinajstić information content (AvgIpc) is 2.80. The van der Waals surface area contributed by atoms with Gasteiger partial charge in [-0.3, -0.25) is 0 Å². The lowest BCUT2D eigenvalue weighted by molar-refractivity contribution is -0.0144. The fourth-order valence-corrected chi connectivity index (χ4v) is 1.44. The number of ether oxygens (including phenoxy) is 2. The maximum absolute atomic E-state index is 5.63. The topological polar surface area (TPSA) is 43.6 Å². The van der Waals surface area contributed by atoms with Gasteiger partial charge in [-0.15, -0.1) is 0 Å². The highest BCUT2D eigenvalue weighted by molar-refractivity contribution is 5.06. The van der Waals surface area contributed by atoms with Crippen LogP contribution >= 0.6 is 0 Å². The summed E-state index contributed by atoms with van der Waals surface area (Å²) in [6.07, 6.45) is 0.869. The molecule has 0 saturated carbocycles. The maximum Gasteiger partial charge on any atom is 0.129 e. The number of hydrogen-bond donors (Lipinski definition) is 1. The molecule has 1 heterocycles. The Morgan fingerprint density at radius 3 is 2.67 bits per heavy atom. The van der Waals surface area contributed by atoms with E-state index in [1.165, 1.54) is 0 Å². The van der Waals surface area contributed by atoms with Gasteiger partial charge in [0.1, 0.15) is 18.1 Å². The standard InChI is InChI=1S/C14H25NO3/c1-5-15-10-12-6-7-13(18-12)11-17-9-8-14(2,3)16-4/h6-7,15H,5,8-11H2,1-4H3. The van der Waals surface area contributed by atoms with Crippen molar-refractivity contribution >= 4 is 0 Å². The first-order chi connectivity index (χ1) is 8.57. The van der Waals surface area contributed by atoms with Gasteiger partial charge in [0.2, 0.25) is 0 Å². The monoisotopic (exact) mass is 255 g/mol. The van der Waals surface area contributed by atoms with Crippen LogP contribution in [0.4, 0.5) is 0 Å². The predicted molar refractivity (Wildman–Crippen MR) is 71.4 cm³/mol. The Balaban J connectivity index is 2.21. The fourth-order valence-electron chi connectivity index (χ4n) is 1.44. The van der Waals surface area contributed by atoms with Crippen LogP contribution in [0.1, 0.15) is 38.7 Å². The largest absolute Gasteiger partial charge is 0.462 e. The Bertz CT molecular complexity index is 334. The van der Waals surface area contributed by atoms with E-state index in [-0.39, 0.29) is 5.60 Å². The summed E-state index contributed by atoms with van der Waals surface area (Å²) in [5.74, 6) is 1.82. The summed E-state index contributed by atoms with van der Waals surface area (Å²) < 4.78 is 16.5. The summed E-state index contributed by atoms with van der Waals surface area (Å²) in [5.41, 5.74) is -0.126. The number of rotatable bonds is 9. The number of methoxy groups -OCH3 is 1. The molecule has 18 heavy (non-hydrogen) atoms. The third-order valence-electron chi connectivity index (χ3n) is 2.91. The highest BCUT2D eigenvalue weighted by Gasteiger charge is 2.15. The highest BCUT2D eigenvalue weighted by atomic mass is 16.5. The van der Waals surface area contributed by atoms with Crippen molar-refractivity contribution in [2.24, 2.45) is 0 Å². The predicted octanol–water partition coefficient (Wildman–Crippen LogP) is 2.72. The van der Waals surface area contributed by atoms with Gasteiger partial charge in [0.15, 0.2) is 0 Å². The fraction of sp³-hybridized carbons (Fsp3) is 0.714. The van der Waals surface area contributed by atoms with E-state index in [0.717, 1.165) is 31.0 Å². The van der Waals surface area contributed by atoms with Crippen molar-refractivity contribution in [1.29, 1.82) is 0 Å². The molecule has 4 nitrogen and oxygen atoms in total. The molecular formula is C14H25NO3. The van der Waals surface area contributed by atoms with Crippen LogP contribution in [-0.4, -0.2) is 25.9 Å². The Hall–Kier alpha value is -0.840. The van der Waals surface area contributed by atoms with E-state index in [4.69, 9.17) is 13.9 Å². The SMILES string of the molecule is CCNCc1ccc(COCCC(C)(C)OC)o1. The molecular weight excluding hydrogens is 230 g/mol. The van der Waals surface area contributed by atoms with Crippen LogP contribution in [0.25, 0.3) is 0 Å². The van der Waals surface area contributed by atoms with Crippen LogP contribution in [0.15, 0.2) is 16.5 Å². The summed E-state index contributed by atoms with van der Waals surface area (Å²) >= 11 is 0. The van der Waals surface area contributed by atoms with Gasteiger partial charge in [-0.05, 0) is 38.9 Å². The van der Waals surface area contributed by atoms with E-state index in [1.54, 1.807) is 7.11 Å². The number of hydrogen-bond acceptors (Lipinski definition) is 4. The Morgan fingerprint density at radius 2 is 2.00 bits per heavy atom. The van der Waals surface area contributed by atoms with E-state index in [9.17, 15) is 0 Å². The molecule has 0 amide bonds. The third-order valence-corrected chi connectivity index (χ3v) is 2.91. The number of nitrogens with one attached hydrogen (secondary N) is 1. The molecule has 0 unspecified atom stereocenters. The molecule has 0 radical (unpaired) electrons.